The van der Waals surface area contributed by atoms with Crippen molar-refractivity contribution in [2.75, 3.05) is 75.3 Å². The zero-order chi connectivity index (χ0) is 32.4. The van der Waals surface area contributed by atoms with Crippen molar-refractivity contribution in [1.82, 2.24) is 15.5 Å². The molecule has 6 rings (SSSR count). The van der Waals surface area contributed by atoms with Crippen LogP contribution in [0.15, 0.2) is 77.4 Å². The molecule has 0 radical (unpaired) electrons. The van der Waals surface area contributed by atoms with Crippen molar-refractivity contribution in [2.45, 2.75) is 46.4 Å². The Balaban J connectivity index is 0.000000470. The van der Waals surface area contributed by atoms with E-state index in [2.05, 4.69) is 49.3 Å². The number of anilines is 3. The molecule has 3 aliphatic heterocycles. The summed E-state index contributed by atoms with van der Waals surface area (Å²) in [6.07, 6.45) is 5.90. The Morgan fingerprint density at radius 1 is 0.915 bits per heavy atom. The maximum absolute atomic E-state index is 11.9. The van der Waals surface area contributed by atoms with Gasteiger partial charge in [0.15, 0.2) is 0 Å². The summed E-state index contributed by atoms with van der Waals surface area (Å²) in [5, 5.41) is 14.9. The first-order chi connectivity index (χ1) is 22.1. The maximum Gasteiger partial charge on any atom is 0.407 e. The van der Waals surface area contributed by atoms with Crippen LogP contribution in [0.1, 0.15) is 33.3 Å². The Morgan fingerprint density at radius 3 is 2.17 bits per heavy atom. The first-order valence-electron chi connectivity index (χ1n) is 16.1. The Hall–Kier alpha value is -2.84. The Bertz CT molecular complexity index is 1270. The molecule has 3 heterocycles. The van der Waals surface area contributed by atoms with E-state index >= 15 is 0 Å². The predicted molar refractivity (Wildman–Crippen MR) is 188 cm³/mol. The van der Waals surface area contributed by atoms with Gasteiger partial charge in [-0.2, -0.15) is 0 Å². The number of rotatable bonds is 6. The minimum Gasteiger partial charge on any atom is -0.659 e. The van der Waals surface area contributed by atoms with Crippen LogP contribution in [0.25, 0.3) is 10.6 Å². The molecule has 0 spiro atoms. The average molecular weight is 986 g/mol. The van der Waals surface area contributed by atoms with Crippen LogP contribution in [-0.2, 0) is 53.5 Å². The Kier molecular flexibility index (Phi) is 21.1. The number of alkyl carbamates (subject to hydrolysis) is 1. The Morgan fingerprint density at radius 2 is 1.53 bits per heavy atom. The number of aliphatic imine (C=N–C) groups is 1. The molecule has 2 saturated heterocycles. The van der Waals surface area contributed by atoms with Gasteiger partial charge in [0.05, 0.1) is 29.6 Å². The van der Waals surface area contributed by atoms with Crippen LogP contribution in [0.2, 0.25) is 0 Å². The smallest absolute Gasteiger partial charge is 0.407 e. The Labute approximate surface area is 309 Å². The van der Waals surface area contributed by atoms with Gasteiger partial charge in [0.25, 0.3) is 0 Å². The largest absolute Gasteiger partial charge is 0.659 e. The summed E-state index contributed by atoms with van der Waals surface area (Å²) in [4.78, 5) is 21.3. The summed E-state index contributed by atoms with van der Waals surface area (Å²) in [5.41, 5.74) is 16.2. The van der Waals surface area contributed by atoms with Crippen LogP contribution in [0.4, 0.5) is 21.9 Å². The molecule has 6 N–H and O–H groups in total. The molecule has 13 heteroatoms. The van der Waals surface area contributed by atoms with Crippen molar-refractivity contribution < 1.29 is 51.7 Å². The second kappa shape index (κ2) is 23.5. The van der Waals surface area contributed by atoms with Gasteiger partial charge in [-0.1, -0.05) is 76.2 Å². The molecule has 2 aromatic rings. The van der Waals surface area contributed by atoms with E-state index in [1.165, 1.54) is 5.70 Å². The van der Waals surface area contributed by atoms with Crippen molar-refractivity contribution in [3.63, 3.8) is 0 Å². The number of carbonyl (C=O) groups excluding carboxylic acids is 1. The number of nitrogen functional groups attached to an aromatic ring is 2. The zero-order valence-electron chi connectivity index (χ0n) is 28.1. The maximum atomic E-state index is 11.9. The summed E-state index contributed by atoms with van der Waals surface area (Å²) in [7, 11) is 0. The number of fused-ring (bicyclic) bond motifs is 1. The van der Waals surface area contributed by atoms with E-state index in [1.807, 2.05) is 76.2 Å². The minimum absolute atomic E-state index is 0. The molecule has 4 aliphatic rings. The van der Waals surface area contributed by atoms with Crippen molar-refractivity contribution in [1.29, 1.82) is 0 Å². The zero-order valence-corrected chi connectivity index (χ0v) is 34.0. The second-order valence-corrected chi connectivity index (χ2v) is 10.2. The predicted octanol–water partition coefficient (Wildman–Crippen LogP) is 4.89. The molecule has 0 aromatic heterocycles. The number of benzene rings is 2. The summed E-state index contributed by atoms with van der Waals surface area (Å²) in [5.74, 6) is 0.779. The number of hydrogen-bond donors (Lipinski definition) is 4. The molecule has 0 saturated carbocycles. The van der Waals surface area contributed by atoms with Gasteiger partial charge in [0, 0.05) is 47.8 Å². The van der Waals surface area contributed by atoms with Crippen LogP contribution < -0.4 is 27.0 Å². The molecule has 11 nitrogen and oxygen atoms in total. The molecule has 47 heavy (non-hydrogen) atoms. The standard InChI is InChI=1S/C20H24N5O2.C10H15N4.2C2H6.2W/c26-20(27-14-15-5-2-1-3-6-15)22-13-18-23-16-7-4-8-17(19(16)24-18)25-11-9-21-10-12-25;11-8-2-1-3-9(10(8)12)14-6-4-13-5-7-14;2*1-2;;/h1-8,16,19H,9-14H2,(H,22,26)(H,23,24);1-3H,4-7,11-12H2;2*1-2H3;;/q2*-1;;;;. The normalized spacial score (nSPS) is 19.0. The number of nitrogens with zero attached hydrogens (tertiary/aromatic N) is 5. The van der Waals surface area contributed by atoms with Crippen molar-refractivity contribution in [3.05, 3.63) is 88.7 Å². The van der Waals surface area contributed by atoms with Gasteiger partial charge in [-0.05, 0) is 50.0 Å². The number of piperazine rings is 2. The minimum atomic E-state index is -0.442. The summed E-state index contributed by atoms with van der Waals surface area (Å²) >= 11 is 0. The van der Waals surface area contributed by atoms with Crippen LogP contribution >= 0.6 is 0 Å². The number of allylic oxidation sites excluding steroid dienone is 2. The number of hydrogen-bond acceptors (Lipinski definition) is 8. The van der Waals surface area contributed by atoms with Crippen LogP contribution in [0.3, 0.4) is 0 Å². The monoisotopic (exact) mass is 985 g/mol. The van der Waals surface area contributed by atoms with E-state index < -0.39 is 6.09 Å². The third-order valence-electron chi connectivity index (χ3n) is 7.40. The van der Waals surface area contributed by atoms with Gasteiger partial charge >= 0.3 is 6.09 Å². The fraction of sp³-hybridized carbons (Fsp3) is 0.471. The third-order valence-corrected chi connectivity index (χ3v) is 7.40. The van der Waals surface area contributed by atoms with Gasteiger partial charge in [-0.25, -0.2) is 4.79 Å². The number of amidine groups is 1. The fourth-order valence-corrected chi connectivity index (χ4v) is 5.21. The SMILES string of the molecule is CC.CC.Nc1cccc(N2CC[N-]CC2)c1N.O=C(NCC1=NC2C(N3CC[N-]CC3)=CC=CC2N1)OCc1ccccc1.[W].[W]. The number of para-hydroxylation sites is 1. The molecule has 2 fully saturated rings. The number of amides is 1. The van der Waals surface area contributed by atoms with Crippen LogP contribution in [0, 0.1) is 0 Å². The number of ether oxygens (including phenoxy) is 1. The fourth-order valence-electron chi connectivity index (χ4n) is 5.21. The van der Waals surface area contributed by atoms with Gasteiger partial charge in [-0.15, -0.1) is 26.2 Å². The molecule has 0 bridgehead atoms. The topological polar surface area (TPSA) is 149 Å². The molecule has 2 aromatic carbocycles. The van der Waals surface area contributed by atoms with Gasteiger partial charge < -0.3 is 47.3 Å². The molecular weight excluding hydrogens is 934 g/mol. The molecule has 1 aliphatic carbocycles. The van der Waals surface area contributed by atoms with E-state index in [0.717, 1.165) is 69.4 Å². The summed E-state index contributed by atoms with van der Waals surface area (Å²) in [6, 6.07) is 15.6. The molecule has 2 atom stereocenters. The van der Waals surface area contributed by atoms with Crippen molar-refractivity contribution in [2.24, 2.45) is 4.99 Å². The van der Waals surface area contributed by atoms with Gasteiger partial charge in [-0.3, -0.25) is 4.99 Å². The third kappa shape index (κ3) is 12.9. The van der Waals surface area contributed by atoms with E-state index in [4.69, 9.17) is 21.2 Å². The average Bonchev–Trinajstić information content (AvgIpc) is 3.54. The van der Waals surface area contributed by atoms with Gasteiger partial charge in [0.1, 0.15) is 18.5 Å². The molecule has 2 unspecified atom stereocenters. The van der Waals surface area contributed by atoms with E-state index in [0.29, 0.717) is 17.9 Å². The first kappa shape index (κ1) is 42.2. The molecule has 258 valence electrons. The van der Waals surface area contributed by atoms with Crippen LogP contribution in [-0.4, -0.2) is 87.8 Å². The van der Waals surface area contributed by atoms with Crippen molar-refractivity contribution >= 4 is 29.0 Å². The summed E-state index contributed by atoms with van der Waals surface area (Å²) in [6.45, 7) is 15.9. The second-order valence-electron chi connectivity index (χ2n) is 10.2. The molecular formula is C34H51N9O2W2-2. The summed E-state index contributed by atoms with van der Waals surface area (Å²) < 4.78 is 5.25. The first-order valence-corrected chi connectivity index (χ1v) is 16.1. The number of nitrogens with one attached hydrogen (secondary N) is 2. The number of carbonyl (C=O) groups is 1. The van der Waals surface area contributed by atoms with E-state index in [9.17, 15) is 4.79 Å². The van der Waals surface area contributed by atoms with Crippen molar-refractivity contribution in [3.8, 4) is 0 Å². The molecule has 1 amide bonds. The van der Waals surface area contributed by atoms with Crippen LogP contribution in [0.5, 0.6) is 0 Å². The van der Waals surface area contributed by atoms with E-state index in [-0.39, 0.29) is 60.8 Å². The number of nitrogens with two attached hydrogens (primary N) is 2. The van der Waals surface area contributed by atoms with Gasteiger partial charge in [0.2, 0.25) is 0 Å². The quantitative estimate of drug-likeness (QED) is 0.302. The van der Waals surface area contributed by atoms with E-state index in [1.54, 1.807) is 0 Å².